The van der Waals surface area contributed by atoms with Crippen molar-refractivity contribution in [3.63, 3.8) is 0 Å². The molecule has 12 heavy (non-hydrogen) atoms. The van der Waals surface area contributed by atoms with Crippen LogP contribution in [-0.4, -0.2) is 11.5 Å². The van der Waals surface area contributed by atoms with Gasteiger partial charge in [0.2, 0.25) is 0 Å². The fourth-order valence-electron chi connectivity index (χ4n) is 0.924. The third-order valence-corrected chi connectivity index (χ3v) is 2.42. The molecule has 0 amide bonds. The number of hydrogen-bond donors (Lipinski definition) is 1. The molecular formula is C9H13BrN2. The summed E-state index contributed by atoms with van der Waals surface area (Å²) in [7, 11) is 0. The normalized spacial score (nSPS) is 9.92. The van der Waals surface area contributed by atoms with Crippen LogP contribution in [0.15, 0.2) is 16.9 Å². The lowest BCUT2D eigenvalue weighted by Crippen LogP contribution is -2.00. The van der Waals surface area contributed by atoms with Crippen LogP contribution in [0, 0.1) is 6.92 Å². The van der Waals surface area contributed by atoms with Gasteiger partial charge >= 0.3 is 0 Å². The predicted molar refractivity (Wildman–Crippen MR) is 55.5 cm³/mol. The molecule has 0 bridgehead atoms. The van der Waals surface area contributed by atoms with Gasteiger partial charge in [-0.15, -0.1) is 0 Å². The minimum absolute atomic E-state index is 0.921. The molecule has 0 atom stereocenters. The lowest BCUT2D eigenvalue weighted by atomic mass is 10.3. The van der Waals surface area contributed by atoms with E-state index in [0.29, 0.717) is 0 Å². The Balaban J connectivity index is 2.69. The van der Waals surface area contributed by atoms with Crippen molar-refractivity contribution in [3.05, 3.63) is 22.4 Å². The average Bonchev–Trinajstić information content (AvgIpc) is 2.07. The van der Waals surface area contributed by atoms with Crippen LogP contribution in [-0.2, 0) is 0 Å². The number of hydrogen-bond acceptors (Lipinski definition) is 2. The summed E-state index contributed by atoms with van der Waals surface area (Å²) in [5, 5.41) is 3.28. The minimum Gasteiger partial charge on any atom is -0.384 e. The van der Waals surface area contributed by atoms with E-state index in [2.05, 4.69) is 39.2 Å². The molecule has 1 aromatic heterocycles. The third-order valence-electron chi connectivity index (χ3n) is 1.59. The van der Waals surface area contributed by atoms with Gasteiger partial charge in [0.05, 0.1) is 11.9 Å². The second kappa shape index (κ2) is 4.45. The summed E-state index contributed by atoms with van der Waals surface area (Å²) >= 11 is 3.36. The summed E-state index contributed by atoms with van der Waals surface area (Å²) in [5.74, 6) is 0. The molecule has 0 unspecified atom stereocenters. The second-order valence-corrected chi connectivity index (χ2v) is 3.51. The molecule has 0 saturated heterocycles. The predicted octanol–water partition coefficient (Wildman–Crippen LogP) is 2.97. The number of nitrogens with zero attached hydrogens (tertiary/aromatic N) is 1. The Bertz CT molecular complexity index is 261. The number of anilines is 1. The van der Waals surface area contributed by atoms with Crippen molar-refractivity contribution in [3.8, 4) is 0 Å². The molecular weight excluding hydrogens is 216 g/mol. The topological polar surface area (TPSA) is 24.9 Å². The molecule has 0 fully saturated rings. The van der Waals surface area contributed by atoms with Crippen molar-refractivity contribution in [1.82, 2.24) is 4.98 Å². The highest BCUT2D eigenvalue weighted by atomic mass is 79.9. The van der Waals surface area contributed by atoms with Crippen LogP contribution in [0.1, 0.15) is 18.9 Å². The Hall–Kier alpha value is -0.570. The summed E-state index contributed by atoms with van der Waals surface area (Å²) in [6, 6.07) is 2.09. The molecule has 0 saturated carbocycles. The largest absolute Gasteiger partial charge is 0.384 e. The van der Waals surface area contributed by atoms with Crippen LogP contribution in [0.4, 0.5) is 5.69 Å². The number of halogens is 1. The van der Waals surface area contributed by atoms with E-state index in [9.17, 15) is 0 Å². The van der Waals surface area contributed by atoms with Crippen LogP contribution in [0.5, 0.6) is 0 Å². The summed E-state index contributed by atoms with van der Waals surface area (Å²) in [6.45, 7) is 5.18. The molecule has 0 aromatic carbocycles. The Morgan fingerprint density at radius 2 is 2.33 bits per heavy atom. The van der Waals surface area contributed by atoms with E-state index in [1.54, 1.807) is 0 Å². The van der Waals surface area contributed by atoms with Gasteiger partial charge in [0.15, 0.2) is 0 Å². The minimum atomic E-state index is 0.921. The van der Waals surface area contributed by atoms with Crippen LogP contribution in [0.2, 0.25) is 0 Å². The monoisotopic (exact) mass is 228 g/mol. The Morgan fingerprint density at radius 1 is 1.58 bits per heavy atom. The van der Waals surface area contributed by atoms with Crippen molar-refractivity contribution < 1.29 is 0 Å². The molecule has 0 aliphatic carbocycles. The number of aryl methyl sites for hydroxylation is 1. The Kier molecular flexibility index (Phi) is 3.53. The van der Waals surface area contributed by atoms with E-state index >= 15 is 0 Å². The quantitative estimate of drug-likeness (QED) is 0.806. The fourth-order valence-corrected chi connectivity index (χ4v) is 1.14. The fraction of sp³-hybridized carbons (Fsp3) is 0.444. The lowest BCUT2D eigenvalue weighted by molar-refractivity contribution is 0.976. The standard InChI is InChI=1S/C9H13BrN2/c1-3-4-11-8-5-7(2)9(10)12-6-8/h5-6,11H,3-4H2,1-2H3. The first-order valence-corrected chi connectivity index (χ1v) is 4.89. The highest BCUT2D eigenvalue weighted by Gasteiger charge is 1.96. The molecule has 1 heterocycles. The first-order valence-electron chi connectivity index (χ1n) is 4.10. The number of pyridine rings is 1. The smallest absolute Gasteiger partial charge is 0.109 e. The van der Waals surface area contributed by atoms with E-state index in [4.69, 9.17) is 0 Å². The highest BCUT2D eigenvalue weighted by Crippen LogP contribution is 2.16. The van der Waals surface area contributed by atoms with E-state index in [1.165, 1.54) is 0 Å². The number of rotatable bonds is 3. The molecule has 1 rings (SSSR count). The maximum atomic E-state index is 4.19. The zero-order valence-electron chi connectivity index (χ0n) is 7.39. The molecule has 66 valence electrons. The zero-order chi connectivity index (χ0) is 8.97. The van der Waals surface area contributed by atoms with Gasteiger partial charge in [0, 0.05) is 6.54 Å². The summed E-state index contributed by atoms with van der Waals surface area (Å²) in [6.07, 6.45) is 2.97. The third kappa shape index (κ3) is 2.48. The van der Waals surface area contributed by atoms with Gasteiger partial charge in [0.25, 0.3) is 0 Å². The molecule has 0 radical (unpaired) electrons. The van der Waals surface area contributed by atoms with Gasteiger partial charge in [0.1, 0.15) is 4.60 Å². The average molecular weight is 229 g/mol. The van der Waals surface area contributed by atoms with Crippen LogP contribution in [0.3, 0.4) is 0 Å². The van der Waals surface area contributed by atoms with Gasteiger partial charge in [-0.05, 0) is 40.9 Å². The van der Waals surface area contributed by atoms with E-state index in [-0.39, 0.29) is 0 Å². The summed E-state index contributed by atoms with van der Waals surface area (Å²) < 4.78 is 0.921. The van der Waals surface area contributed by atoms with Crippen LogP contribution < -0.4 is 5.32 Å². The van der Waals surface area contributed by atoms with Crippen molar-refractivity contribution >= 4 is 21.6 Å². The molecule has 3 heteroatoms. The maximum absolute atomic E-state index is 4.19. The summed E-state index contributed by atoms with van der Waals surface area (Å²) in [4.78, 5) is 4.19. The Labute approximate surface area is 81.5 Å². The second-order valence-electron chi connectivity index (χ2n) is 2.76. The van der Waals surface area contributed by atoms with Gasteiger partial charge in [-0.1, -0.05) is 6.92 Å². The zero-order valence-corrected chi connectivity index (χ0v) is 8.98. The van der Waals surface area contributed by atoms with Crippen LogP contribution in [0.25, 0.3) is 0 Å². The molecule has 0 spiro atoms. The summed E-state index contributed by atoms with van der Waals surface area (Å²) in [5.41, 5.74) is 2.26. The molecule has 1 N–H and O–H groups in total. The van der Waals surface area contributed by atoms with Gasteiger partial charge < -0.3 is 5.32 Å². The van der Waals surface area contributed by atoms with E-state index in [0.717, 1.165) is 28.8 Å². The van der Waals surface area contributed by atoms with E-state index < -0.39 is 0 Å². The van der Waals surface area contributed by atoms with Gasteiger partial charge in [-0.25, -0.2) is 4.98 Å². The SMILES string of the molecule is CCCNc1cnc(Br)c(C)c1. The van der Waals surface area contributed by atoms with Crippen molar-refractivity contribution in [1.29, 1.82) is 0 Å². The molecule has 0 aliphatic heterocycles. The van der Waals surface area contributed by atoms with E-state index in [1.807, 2.05) is 13.1 Å². The number of nitrogens with one attached hydrogen (secondary N) is 1. The van der Waals surface area contributed by atoms with Crippen molar-refractivity contribution in [2.45, 2.75) is 20.3 Å². The molecule has 0 aliphatic rings. The van der Waals surface area contributed by atoms with Crippen molar-refractivity contribution in [2.24, 2.45) is 0 Å². The molecule has 1 aromatic rings. The molecule has 2 nitrogen and oxygen atoms in total. The van der Waals surface area contributed by atoms with Gasteiger partial charge in [-0.3, -0.25) is 0 Å². The Morgan fingerprint density at radius 3 is 2.92 bits per heavy atom. The van der Waals surface area contributed by atoms with Gasteiger partial charge in [-0.2, -0.15) is 0 Å². The number of aromatic nitrogens is 1. The first kappa shape index (κ1) is 9.52. The van der Waals surface area contributed by atoms with Crippen molar-refractivity contribution in [2.75, 3.05) is 11.9 Å². The highest BCUT2D eigenvalue weighted by molar-refractivity contribution is 9.10. The van der Waals surface area contributed by atoms with Crippen LogP contribution >= 0.6 is 15.9 Å². The first-order chi connectivity index (χ1) is 5.74. The maximum Gasteiger partial charge on any atom is 0.109 e. The lowest BCUT2D eigenvalue weighted by Gasteiger charge is -2.05.